The Balaban J connectivity index is 1.29. The molecule has 1 aromatic carbocycles. The second kappa shape index (κ2) is 8.05. The Morgan fingerprint density at radius 1 is 1.15 bits per heavy atom. The van der Waals surface area contributed by atoms with Crippen LogP contribution in [-0.2, 0) is 13.6 Å². The van der Waals surface area contributed by atoms with Gasteiger partial charge in [0.2, 0.25) is 5.88 Å². The van der Waals surface area contributed by atoms with Gasteiger partial charge in [-0.1, -0.05) is 24.3 Å². The number of hydrogen-bond donors (Lipinski definition) is 0. The van der Waals surface area contributed by atoms with Crippen molar-refractivity contribution in [3.63, 3.8) is 0 Å². The lowest BCUT2D eigenvalue weighted by atomic mass is 10.2. The highest BCUT2D eigenvalue weighted by Gasteiger charge is 2.28. The van der Waals surface area contributed by atoms with Crippen molar-refractivity contribution in [2.75, 3.05) is 18.0 Å². The van der Waals surface area contributed by atoms with Gasteiger partial charge in [-0.2, -0.15) is 15.2 Å². The smallest absolute Gasteiger partial charge is 0.245 e. The lowest BCUT2D eigenvalue weighted by molar-refractivity contribution is 0.218. The number of nitrogens with zero attached hydrogens (tertiary/aromatic N) is 9. The van der Waals surface area contributed by atoms with E-state index < -0.39 is 0 Å². The molecule has 4 aromatic heterocycles. The first kappa shape index (κ1) is 20.5. The topological polar surface area (TPSA) is 99.7 Å². The van der Waals surface area contributed by atoms with Crippen LogP contribution in [0.2, 0.25) is 0 Å². The van der Waals surface area contributed by atoms with Crippen molar-refractivity contribution in [3.8, 4) is 17.3 Å². The number of ether oxygens (including phenoxy) is 1. The van der Waals surface area contributed by atoms with Gasteiger partial charge in [0.1, 0.15) is 18.3 Å². The highest BCUT2D eigenvalue weighted by Crippen LogP contribution is 2.31. The summed E-state index contributed by atoms with van der Waals surface area (Å²) in [4.78, 5) is 16.0. The van der Waals surface area contributed by atoms with Crippen molar-refractivity contribution in [1.82, 2.24) is 39.5 Å². The summed E-state index contributed by atoms with van der Waals surface area (Å²) < 4.78 is 10.3. The van der Waals surface area contributed by atoms with Gasteiger partial charge in [-0.3, -0.25) is 4.68 Å². The van der Waals surface area contributed by atoms with Gasteiger partial charge in [-0.25, -0.2) is 9.97 Å². The summed E-state index contributed by atoms with van der Waals surface area (Å²) in [7, 11) is 1.96. The second-order valence-corrected chi connectivity index (χ2v) is 8.53. The van der Waals surface area contributed by atoms with Crippen LogP contribution in [0.5, 0.6) is 5.88 Å². The quantitative estimate of drug-likeness (QED) is 0.398. The molecule has 0 spiro atoms. The molecule has 10 nitrogen and oxygen atoms in total. The van der Waals surface area contributed by atoms with Crippen molar-refractivity contribution in [1.29, 1.82) is 0 Å². The van der Waals surface area contributed by atoms with Crippen molar-refractivity contribution in [2.24, 2.45) is 7.05 Å². The summed E-state index contributed by atoms with van der Waals surface area (Å²) >= 11 is 0. The van der Waals surface area contributed by atoms with E-state index in [0.29, 0.717) is 17.9 Å². The zero-order valence-corrected chi connectivity index (χ0v) is 19.4. The first-order chi connectivity index (χ1) is 16.6. The summed E-state index contributed by atoms with van der Waals surface area (Å²) in [6.07, 6.45) is 6.01. The molecule has 0 aliphatic carbocycles. The Labute approximate surface area is 196 Å². The molecule has 10 heteroatoms. The Kier molecular flexibility index (Phi) is 4.86. The molecule has 0 N–H and O–H groups in total. The number of hydrogen-bond acceptors (Lipinski definition) is 8. The molecule has 1 atom stereocenters. The van der Waals surface area contributed by atoms with Crippen LogP contribution in [0.25, 0.3) is 33.3 Å². The average Bonchev–Trinajstić information content (AvgIpc) is 3.57. The van der Waals surface area contributed by atoms with E-state index >= 15 is 0 Å². The Bertz CT molecular complexity index is 1500. The second-order valence-electron chi connectivity index (χ2n) is 8.53. The minimum Gasteiger partial charge on any atom is -0.471 e. The third kappa shape index (κ3) is 3.25. The minimum absolute atomic E-state index is 0.0334. The lowest BCUT2D eigenvalue weighted by Gasteiger charge is -2.18. The van der Waals surface area contributed by atoms with Gasteiger partial charge >= 0.3 is 0 Å². The summed E-state index contributed by atoms with van der Waals surface area (Å²) in [5.74, 6) is 2.19. The van der Waals surface area contributed by atoms with Crippen LogP contribution in [0.1, 0.15) is 19.0 Å². The van der Waals surface area contributed by atoms with Crippen molar-refractivity contribution >= 4 is 27.8 Å². The molecule has 1 saturated heterocycles. The average molecular weight is 456 g/mol. The van der Waals surface area contributed by atoms with Gasteiger partial charge in [0.05, 0.1) is 24.5 Å². The maximum atomic E-state index is 6.38. The molecular weight excluding hydrogens is 430 g/mol. The highest BCUT2D eigenvalue weighted by atomic mass is 16.5. The number of benzene rings is 1. The van der Waals surface area contributed by atoms with E-state index in [1.807, 2.05) is 34.6 Å². The predicted octanol–water partition coefficient (Wildman–Crippen LogP) is 3.16. The van der Waals surface area contributed by atoms with Crippen LogP contribution < -0.4 is 9.64 Å². The van der Waals surface area contributed by atoms with E-state index in [-0.39, 0.29) is 6.10 Å². The molecule has 5 heterocycles. The zero-order valence-electron chi connectivity index (χ0n) is 19.4. The monoisotopic (exact) mass is 455 g/mol. The van der Waals surface area contributed by atoms with Gasteiger partial charge in [0.15, 0.2) is 17.0 Å². The maximum Gasteiger partial charge on any atom is 0.245 e. The molecule has 1 aliphatic rings. The number of aryl methyl sites for hydroxylation is 2. The fraction of sp³-hybridized carbons (Fsp3) is 0.333. The Hall–Kier alpha value is -4.08. The summed E-state index contributed by atoms with van der Waals surface area (Å²) in [6.45, 7) is 6.48. The van der Waals surface area contributed by atoms with Crippen LogP contribution in [0.3, 0.4) is 0 Å². The third-order valence-corrected chi connectivity index (χ3v) is 6.54. The number of anilines is 1. The van der Waals surface area contributed by atoms with E-state index in [4.69, 9.17) is 9.72 Å². The van der Waals surface area contributed by atoms with Crippen molar-refractivity contribution in [3.05, 3.63) is 48.7 Å². The molecule has 1 aliphatic heterocycles. The van der Waals surface area contributed by atoms with Gasteiger partial charge in [-0.15, -0.1) is 5.10 Å². The summed E-state index contributed by atoms with van der Waals surface area (Å²) in [5, 5.41) is 15.3. The molecule has 0 radical (unpaired) electrons. The van der Waals surface area contributed by atoms with Gasteiger partial charge in [-0.05, 0) is 13.8 Å². The Morgan fingerprint density at radius 2 is 2.03 bits per heavy atom. The van der Waals surface area contributed by atoms with E-state index in [1.54, 1.807) is 6.20 Å². The molecule has 1 fully saturated rings. The fourth-order valence-electron chi connectivity index (χ4n) is 4.71. The third-order valence-electron chi connectivity index (χ3n) is 6.54. The van der Waals surface area contributed by atoms with Crippen LogP contribution in [0.4, 0.5) is 5.82 Å². The normalized spacial score (nSPS) is 16.1. The number of imidazole rings is 1. The van der Waals surface area contributed by atoms with Crippen molar-refractivity contribution < 1.29 is 4.74 Å². The first-order valence-corrected chi connectivity index (χ1v) is 11.5. The van der Waals surface area contributed by atoms with Crippen LogP contribution >= 0.6 is 0 Å². The molecule has 5 aromatic rings. The van der Waals surface area contributed by atoms with E-state index in [0.717, 1.165) is 58.8 Å². The van der Waals surface area contributed by atoms with Crippen LogP contribution in [0, 0.1) is 6.92 Å². The molecule has 172 valence electrons. The number of aromatic nitrogens is 8. The van der Waals surface area contributed by atoms with E-state index in [2.05, 4.69) is 56.1 Å². The molecule has 0 saturated carbocycles. The maximum absolute atomic E-state index is 6.38. The van der Waals surface area contributed by atoms with E-state index in [1.165, 1.54) is 6.33 Å². The van der Waals surface area contributed by atoms with Gasteiger partial charge in [0, 0.05) is 43.0 Å². The molecular formula is C24H25N9O. The predicted molar refractivity (Wildman–Crippen MR) is 129 cm³/mol. The summed E-state index contributed by atoms with van der Waals surface area (Å²) in [6, 6.07) is 8.18. The Morgan fingerprint density at radius 3 is 2.88 bits per heavy atom. The lowest BCUT2D eigenvalue weighted by Crippen LogP contribution is -2.26. The highest BCUT2D eigenvalue weighted by molar-refractivity contribution is 5.91. The summed E-state index contributed by atoms with van der Waals surface area (Å²) in [5.41, 5.74) is 3.44. The largest absolute Gasteiger partial charge is 0.471 e. The standard InChI is InChI=1S/C24H25N9O/c1-4-33-15(2)19(12-28-33)21-29-20-23(31(21)3)25-14-26-24(20)34-17-9-10-32(13-17)22-18-8-6-5-7-16(18)11-27-30-22/h5-8,11-12,14,17H,4,9-10,13H2,1-3H3. The van der Waals surface area contributed by atoms with Gasteiger partial charge < -0.3 is 14.2 Å². The number of fused-ring (bicyclic) bond motifs is 2. The molecule has 1 unspecified atom stereocenters. The van der Waals surface area contributed by atoms with E-state index in [9.17, 15) is 0 Å². The van der Waals surface area contributed by atoms with Crippen molar-refractivity contribution in [2.45, 2.75) is 32.9 Å². The molecule has 34 heavy (non-hydrogen) atoms. The number of rotatable bonds is 5. The molecule has 0 bridgehead atoms. The minimum atomic E-state index is -0.0334. The van der Waals surface area contributed by atoms with Crippen LogP contribution in [-0.4, -0.2) is 58.7 Å². The fourth-order valence-corrected chi connectivity index (χ4v) is 4.71. The molecule has 0 amide bonds. The zero-order chi connectivity index (χ0) is 23.2. The SMILES string of the molecule is CCn1ncc(-c2nc3c(OC4CCN(c5nncc6ccccc56)C4)ncnc3n2C)c1C. The van der Waals surface area contributed by atoms with Crippen LogP contribution in [0.15, 0.2) is 43.0 Å². The first-order valence-electron chi connectivity index (χ1n) is 11.5. The van der Waals surface area contributed by atoms with Gasteiger partial charge in [0.25, 0.3) is 0 Å². The molecule has 6 rings (SSSR count).